The number of nitro benzene ring substituents is 1. The lowest BCUT2D eigenvalue weighted by Crippen LogP contribution is -2.28. The van der Waals surface area contributed by atoms with E-state index in [1.807, 2.05) is 38.1 Å². The van der Waals surface area contributed by atoms with Gasteiger partial charge in [-0.1, -0.05) is 48.4 Å². The minimum Gasteiger partial charge on any atom is -0.345 e. The molecule has 0 aromatic heterocycles. The van der Waals surface area contributed by atoms with Gasteiger partial charge in [-0.05, 0) is 31.0 Å². The number of nitrogens with zero attached hydrogens (tertiary/aromatic N) is 1. The summed E-state index contributed by atoms with van der Waals surface area (Å²) in [6, 6.07) is 11.6. The predicted molar refractivity (Wildman–Crippen MR) is 89.8 cm³/mol. The lowest BCUT2D eigenvalue weighted by molar-refractivity contribution is -0.385. The molecule has 23 heavy (non-hydrogen) atoms. The number of benzene rings is 2. The van der Waals surface area contributed by atoms with Crippen LogP contribution in [0.25, 0.3) is 0 Å². The van der Waals surface area contributed by atoms with E-state index >= 15 is 0 Å². The summed E-state index contributed by atoms with van der Waals surface area (Å²) >= 11 is 5.77. The van der Waals surface area contributed by atoms with E-state index in [1.165, 1.54) is 18.2 Å². The van der Waals surface area contributed by atoms with Crippen LogP contribution in [-0.2, 0) is 0 Å². The molecule has 0 radical (unpaired) electrons. The lowest BCUT2D eigenvalue weighted by Gasteiger charge is -2.17. The van der Waals surface area contributed by atoms with Crippen LogP contribution < -0.4 is 5.32 Å². The second kappa shape index (κ2) is 7.24. The first-order valence-corrected chi connectivity index (χ1v) is 7.61. The van der Waals surface area contributed by atoms with E-state index in [9.17, 15) is 14.9 Å². The fraction of sp³-hybridized carbons (Fsp3) is 0.235. The summed E-state index contributed by atoms with van der Waals surface area (Å²) in [5, 5.41) is 14.2. The molecule has 5 nitrogen and oxygen atoms in total. The number of hydrogen-bond donors (Lipinski definition) is 1. The third-order valence-corrected chi connectivity index (χ3v) is 3.83. The van der Waals surface area contributed by atoms with Crippen LogP contribution in [-0.4, -0.2) is 10.8 Å². The van der Waals surface area contributed by atoms with Crippen molar-refractivity contribution in [1.29, 1.82) is 0 Å². The van der Waals surface area contributed by atoms with Crippen LogP contribution in [0.5, 0.6) is 0 Å². The molecule has 120 valence electrons. The summed E-state index contributed by atoms with van der Waals surface area (Å²) < 4.78 is 0. The molecule has 0 saturated carbocycles. The van der Waals surface area contributed by atoms with E-state index in [0.717, 1.165) is 11.1 Å². The van der Waals surface area contributed by atoms with Crippen molar-refractivity contribution in [3.63, 3.8) is 0 Å². The van der Waals surface area contributed by atoms with Crippen molar-refractivity contribution >= 4 is 23.2 Å². The Hall–Kier alpha value is -2.40. The van der Waals surface area contributed by atoms with Crippen LogP contribution in [0.4, 0.5) is 5.69 Å². The maximum atomic E-state index is 12.4. The Morgan fingerprint density at radius 2 is 1.91 bits per heavy atom. The van der Waals surface area contributed by atoms with E-state index in [4.69, 9.17) is 11.6 Å². The minimum absolute atomic E-state index is 0.00459. The normalized spacial score (nSPS) is 11.8. The molecule has 0 heterocycles. The monoisotopic (exact) mass is 332 g/mol. The standard InChI is InChI=1S/C17H17ClN2O3/c1-3-15(12-6-4-11(2)5-7-12)19-17(21)14-9-8-13(18)10-16(14)20(22)23/h4-10,15H,3H2,1-2H3,(H,19,21). The fourth-order valence-corrected chi connectivity index (χ4v) is 2.47. The van der Waals surface area contributed by atoms with Crippen molar-refractivity contribution in [2.24, 2.45) is 0 Å². The summed E-state index contributed by atoms with van der Waals surface area (Å²) in [6.45, 7) is 3.93. The molecule has 2 aromatic rings. The van der Waals surface area contributed by atoms with E-state index < -0.39 is 10.8 Å². The molecule has 6 heteroatoms. The van der Waals surface area contributed by atoms with Crippen LogP contribution in [0.1, 0.15) is 40.9 Å². The number of halogens is 1. The summed E-state index contributed by atoms with van der Waals surface area (Å²) in [7, 11) is 0. The molecule has 1 N–H and O–H groups in total. The van der Waals surface area contributed by atoms with Crippen molar-refractivity contribution in [2.45, 2.75) is 26.3 Å². The summed E-state index contributed by atoms with van der Waals surface area (Å²) in [4.78, 5) is 22.9. The Morgan fingerprint density at radius 3 is 2.48 bits per heavy atom. The van der Waals surface area contributed by atoms with Crippen molar-refractivity contribution in [3.8, 4) is 0 Å². The van der Waals surface area contributed by atoms with Gasteiger partial charge in [0.1, 0.15) is 5.56 Å². The van der Waals surface area contributed by atoms with Crippen LogP contribution in [0.15, 0.2) is 42.5 Å². The highest BCUT2D eigenvalue weighted by Gasteiger charge is 2.22. The molecule has 0 saturated heterocycles. The van der Waals surface area contributed by atoms with Crippen LogP contribution in [0.2, 0.25) is 5.02 Å². The van der Waals surface area contributed by atoms with Crippen LogP contribution in [0.3, 0.4) is 0 Å². The molecule has 0 aliphatic heterocycles. The average Bonchev–Trinajstić information content (AvgIpc) is 2.53. The number of nitrogens with one attached hydrogen (secondary N) is 1. The van der Waals surface area contributed by atoms with Crippen molar-refractivity contribution in [3.05, 3.63) is 74.3 Å². The summed E-state index contributed by atoms with van der Waals surface area (Å²) in [5.74, 6) is -0.485. The molecular formula is C17H17ClN2O3. The first-order chi connectivity index (χ1) is 10.9. The molecule has 0 aliphatic rings. The van der Waals surface area contributed by atoms with E-state index in [0.29, 0.717) is 6.42 Å². The van der Waals surface area contributed by atoms with Gasteiger partial charge in [0.05, 0.1) is 11.0 Å². The van der Waals surface area contributed by atoms with Gasteiger partial charge in [0.2, 0.25) is 0 Å². The topological polar surface area (TPSA) is 72.2 Å². The number of carbonyl (C=O) groups excluding carboxylic acids is 1. The van der Waals surface area contributed by atoms with Gasteiger partial charge in [0, 0.05) is 11.1 Å². The molecule has 1 unspecified atom stereocenters. The van der Waals surface area contributed by atoms with Crippen molar-refractivity contribution in [1.82, 2.24) is 5.32 Å². The number of rotatable bonds is 5. The van der Waals surface area contributed by atoms with Gasteiger partial charge >= 0.3 is 0 Å². The maximum absolute atomic E-state index is 12.4. The Kier molecular flexibility index (Phi) is 5.34. The second-order valence-corrected chi connectivity index (χ2v) is 5.70. The zero-order valence-corrected chi connectivity index (χ0v) is 13.6. The zero-order chi connectivity index (χ0) is 17.0. The molecule has 0 aliphatic carbocycles. The van der Waals surface area contributed by atoms with Gasteiger partial charge in [0.15, 0.2) is 0 Å². The second-order valence-electron chi connectivity index (χ2n) is 5.26. The molecular weight excluding hydrogens is 316 g/mol. The highest BCUT2D eigenvalue weighted by atomic mass is 35.5. The van der Waals surface area contributed by atoms with Crippen LogP contribution in [0, 0.1) is 17.0 Å². The van der Waals surface area contributed by atoms with Crippen molar-refractivity contribution < 1.29 is 9.72 Å². The summed E-state index contributed by atoms with van der Waals surface area (Å²) in [5.41, 5.74) is 1.80. The van der Waals surface area contributed by atoms with Gasteiger partial charge in [0.25, 0.3) is 11.6 Å². The average molecular weight is 333 g/mol. The van der Waals surface area contributed by atoms with Gasteiger partial charge in [-0.25, -0.2) is 0 Å². The molecule has 1 atom stereocenters. The Bertz CT molecular complexity index is 729. The Labute approximate surface area is 139 Å². The number of amides is 1. The molecule has 0 fully saturated rings. The first kappa shape index (κ1) is 17.0. The highest BCUT2D eigenvalue weighted by Crippen LogP contribution is 2.25. The first-order valence-electron chi connectivity index (χ1n) is 7.23. The third-order valence-electron chi connectivity index (χ3n) is 3.59. The summed E-state index contributed by atoms with van der Waals surface area (Å²) in [6.07, 6.45) is 0.677. The number of hydrogen-bond acceptors (Lipinski definition) is 3. The lowest BCUT2D eigenvalue weighted by atomic mass is 10.0. The predicted octanol–water partition coefficient (Wildman–Crippen LogP) is 4.44. The van der Waals surface area contributed by atoms with E-state index in [1.54, 1.807) is 0 Å². The SMILES string of the molecule is CCC(NC(=O)c1ccc(Cl)cc1[N+](=O)[O-])c1ccc(C)cc1. The number of nitro groups is 1. The van der Waals surface area contributed by atoms with Gasteiger partial charge in [-0.3, -0.25) is 14.9 Å². The number of carbonyl (C=O) groups is 1. The number of aryl methyl sites for hydroxylation is 1. The molecule has 2 aromatic carbocycles. The molecule has 2 rings (SSSR count). The van der Waals surface area contributed by atoms with E-state index in [-0.39, 0.29) is 22.3 Å². The highest BCUT2D eigenvalue weighted by molar-refractivity contribution is 6.31. The zero-order valence-electron chi connectivity index (χ0n) is 12.9. The van der Waals surface area contributed by atoms with Crippen molar-refractivity contribution in [2.75, 3.05) is 0 Å². The Balaban J connectivity index is 2.27. The third kappa shape index (κ3) is 4.07. The fourth-order valence-electron chi connectivity index (χ4n) is 2.30. The Morgan fingerprint density at radius 1 is 1.26 bits per heavy atom. The van der Waals surface area contributed by atoms with Crippen LogP contribution >= 0.6 is 11.6 Å². The maximum Gasteiger partial charge on any atom is 0.283 e. The minimum atomic E-state index is -0.604. The van der Waals surface area contributed by atoms with Gasteiger partial charge < -0.3 is 5.32 Å². The van der Waals surface area contributed by atoms with Gasteiger partial charge in [-0.2, -0.15) is 0 Å². The largest absolute Gasteiger partial charge is 0.345 e. The van der Waals surface area contributed by atoms with E-state index in [2.05, 4.69) is 5.32 Å². The smallest absolute Gasteiger partial charge is 0.283 e. The molecule has 0 bridgehead atoms. The van der Waals surface area contributed by atoms with Gasteiger partial charge in [-0.15, -0.1) is 0 Å². The quantitative estimate of drug-likeness (QED) is 0.650. The molecule has 1 amide bonds. The molecule has 0 spiro atoms.